The molecule has 1 saturated heterocycles. The minimum Gasteiger partial charge on any atom is -0.473 e. The number of hydrogen-bond acceptors (Lipinski definition) is 6. The number of carboxylic acid groups (broad SMARTS) is 2. The van der Waals surface area contributed by atoms with Crippen LogP contribution in [0.25, 0.3) is 0 Å². The maximum absolute atomic E-state index is 13.3. The van der Waals surface area contributed by atoms with E-state index >= 15 is 0 Å². The molecule has 0 aliphatic carbocycles. The summed E-state index contributed by atoms with van der Waals surface area (Å²) in [5.41, 5.74) is 1.44. The average molecular weight is 433 g/mol. The van der Waals surface area contributed by atoms with Gasteiger partial charge in [0, 0.05) is 50.4 Å². The Bertz CT molecular complexity index is 946. The molecule has 0 unspecified atom stereocenters. The summed E-state index contributed by atoms with van der Waals surface area (Å²) in [6.07, 6.45) is 0. The third-order valence-corrected chi connectivity index (χ3v) is 4.47. The number of amides is 1. The Morgan fingerprint density at radius 2 is 1.55 bits per heavy atom. The van der Waals surface area contributed by atoms with E-state index in [0.717, 1.165) is 5.56 Å². The molecule has 0 saturated carbocycles. The first-order valence-corrected chi connectivity index (χ1v) is 9.14. The standard InChI is InChI=1S/C18H18FN3O3.C2H2O4/c19-16-3-1-2-15(12-16)18(23)21-10-8-20(9-11-21)13-14-4-6-17(7-5-14)22(24)25;3-1(4)2(5)6/h1-7,12H,8-11,13H2;(H,3,4)(H,5,6). The fourth-order valence-corrected chi connectivity index (χ4v) is 2.89. The van der Waals surface area contributed by atoms with Crippen molar-refractivity contribution in [1.82, 2.24) is 9.80 Å². The molecule has 31 heavy (non-hydrogen) atoms. The number of hydrogen-bond donors (Lipinski definition) is 2. The van der Waals surface area contributed by atoms with E-state index < -0.39 is 22.7 Å². The summed E-state index contributed by atoms with van der Waals surface area (Å²) in [4.78, 5) is 44.8. The van der Waals surface area contributed by atoms with Gasteiger partial charge in [-0.2, -0.15) is 0 Å². The minimum atomic E-state index is -1.82. The first-order chi connectivity index (χ1) is 14.7. The van der Waals surface area contributed by atoms with Gasteiger partial charge in [-0.05, 0) is 23.8 Å². The number of piperazine rings is 1. The molecule has 1 amide bonds. The van der Waals surface area contributed by atoms with Gasteiger partial charge in [-0.15, -0.1) is 0 Å². The molecular formula is C20H20FN3O7. The minimum absolute atomic E-state index is 0.0780. The highest BCUT2D eigenvalue weighted by Gasteiger charge is 2.22. The predicted octanol–water partition coefficient (Wildman–Crippen LogP) is 1.85. The monoisotopic (exact) mass is 433 g/mol. The third kappa shape index (κ3) is 7.16. The van der Waals surface area contributed by atoms with Crippen LogP contribution >= 0.6 is 0 Å². The number of aliphatic carboxylic acids is 2. The highest BCUT2D eigenvalue weighted by Crippen LogP contribution is 2.15. The Kier molecular flexibility index (Phi) is 8.15. The number of carboxylic acids is 2. The zero-order valence-electron chi connectivity index (χ0n) is 16.3. The van der Waals surface area contributed by atoms with E-state index in [1.54, 1.807) is 23.1 Å². The highest BCUT2D eigenvalue weighted by molar-refractivity contribution is 6.27. The largest absolute Gasteiger partial charge is 0.473 e. The molecule has 0 bridgehead atoms. The summed E-state index contributed by atoms with van der Waals surface area (Å²) < 4.78 is 13.3. The van der Waals surface area contributed by atoms with Crippen LogP contribution in [0, 0.1) is 15.9 Å². The summed E-state index contributed by atoms with van der Waals surface area (Å²) in [5, 5.41) is 25.5. The van der Waals surface area contributed by atoms with Crippen molar-refractivity contribution in [2.45, 2.75) is 6.54 Å². The summed E-state index contributed by atoms with van der Waals surface area (Å²) in [7, 11) is 0. The normalized spacial score (nSPS) is 13.6. The molecule has 0 radical (unpaired) electrons. The topological polar surface area (TPSA) is 141 Å². The molecule has 1 fully saturated rings. The number of halogens is 1. The lowest BCUT2D eigenvalue weighted by molar-refractivity contribution is -0.384. The molecule has 1 aliphatic rings. The summed E-state index contributed by atoms with van der Waals surface area (Å²) in [5.74, 6) is -4.22. The van der Waals surface area contributed by atoms with Crippen molar-refractivity contribution in [1.29, 1.82) is 0 Å². The molecule has 1 heterocycles. The molecule has 11 heteroatoms. The fourth-order valence-electron chi connectivity index (χ4n) is 2.89. The van der Waals surface area contributed by atoms with Crippen LogP contribution in [0.4, 0.5) is 10.1 Å². The summed E-state index contributed by atoms with van der Waals surface area (Å²) in [6, 6.07) is 12.2. The van der Waals surface area contributed by atoms with Crippen LogP contribution in [0.1, 0.15) is 15.9 Å². The molecule has 2 aromatic rings. The Labute approximate surface area is 176 Å². The number of rotatable bonds is 4. The quantitative estimate of drug-likeness (QED) is 0.423. The Hall–Kier alpha value is -3.86. The Morgan fingerprint density at radius 3 is 2.03 bits per heavy atom. The van der Waals surface area contributed by atoms with Gasteiger partial charge in [0.15, 0.2) is 0 Å². The molecule has 0 aromatic heterocycles. The van der Waals surface area contributed by atoms with Gasteiger partial charge in [0.2, 0.25) is 0 Å². The second-order valence-corrected chi connectivity index (χ2v) is 6.61. The fraction of sp³-hybridized carbons (Fsp3) is 0.250. The summed E-state index contributed by atoms with van der Waals surface area (Å²) >= 11 is 0. The van der Waals surface area contributed by atoms with E-state index in [2.05, 4.69) is 4.90 Å². The zero-order valence-corrected chi connectivity index (χ0v) is 16.3. The van der Waals surface area contributed by atoms with Crippen LogP contribution in [0.3, 0.4) is 0 Å². The number of nitro benzene ring substituents is 1. The van der Waals surface area contributed by atoms with Gasteiger partial charge >= 0.3 is 11.9 Å². The molecule has 3 rings (SSSR count). The van der Waals surface area contributed by atoms with Crippen LogP contribution in [-0.4, -0.2) is 69.0 Å². The lowest BCUT2D eigenvalue weighted by Gasteiger charge is -2.34. The smallest absolute Gasteiger partial charge is 0.414 e. The van der Waals surface area contributed by atoms with Gasteiger partial charge in [0.05, 0.1) is 4.92 Å². The van der Waals surface area contributed by atoms with Crippen molar-refractivity contribution >= 4 is 23.5 Å². The molecule has 10 nitrogen and oxygen atoms in total. The number of non-ortho nitro benzene ring substituents is 1. The number of nitrogens with zero attached hydrogens (tertiary/aromatic N) is 3. The molecule has 164 valence electrons. The number of nitro groups is 1. The molecule has 0 atom stereocenters. The third-order valence-electron chi connectivity index (χ3n) is 4.47. The van der Waals surface area contributed by atoms with Crippen molar-refractivity contribution in [2.24, 2.45) is 0 Å². The number of benzene rings is 2. The van der Waals surface area contributed by atoms with Crippen LogP contribution in [0.5, 0.6) is 0 Å². The van der Waals surface area contributed by atoms with Gasteiger partial charge in [-0.3, -0.25) is 19.8 Å². The van der Waals surface area contributed by atoms with E-state index in [4.69, 9.17) is 19.8 Å². The van der Waals surface area contributed by atoms with Crippen LogP contribution in [0.2, 0.25) is 0 Å². The maximum Gasteiger partial charge on any atom is 0.414 e. The highest BCUT2D eigenvalue weighted by atomic mass is 19.1. The van der Waals surface area contributed by atoms with Crippen LogP contribution in [-0.2, 0) is 16.1 Å². The lowest BCUT2D eigenvalue weighted by Crippen LogP contribution is -2.48. The van der Waals surface area contributed by atoms with Crippen LogP contribution < -0.4 is 0 Å². The molecule has 0 spiro atoms. The maximum atomic E-state index is 13.3. The predicted molar refractivity (Wildman–Crippen MR) is 106 cm³/mol. The Balaban J connectivity index is 0.000000501. The lowest BCUT2D eigenvalue weighted by atomic mass is 10.1. The zero-order chi connectivity index (χ0) is 23.0. The SMILES string of the molecule is O=C(O)C(=O)O.O=C(c1cccc(F)c1)N1CCN(Cc2ccc([N+](=O)[O-])cc2)CC1. The Morgan fingerprint density at radius 1 is 0.968 bits per heavy atom. The molecule has 2 N–H and O–H groups in total. The van der Waals surface area contributed by atoms with Crippen molar-refractivity contribution in [3.8, 4) is 0 Å². The summed E-state index contributed by atoms with van der Waals surface area (Å²) in [6.45, 7) is 3.24. The van der Waals surface area contributed by atoms with Gasteiger partial charge < -0.3 is 15.1 Å². The van der Waals surface area contributed by atoms with Gasteiger partial charge in [0.25, 0.3) is 11.6 Å². The van der Waals surface area contributed by atoms with Crippen molar-refractivity contribution in [3.63, 3.8) is 0 Å². The first-order valence-electron chi connectivity index (χ1n) is 9.14. The van der Waals surface area contributed by atoms with Gasteiger partial charge in [-0.1, -0.05) is 18.2 Å². The van der Waals surface area contributed by atoms with Crippen molar-refractivity contribution in [3.05, 3.63) is 75.6 Å². The van der Waals surface area contributed by atoms with Gasteiger partial charge in [0.1, 0.15) is 5.82 Å². The second-order valence-electron chi connectivity index (χ2n) is 6.61. The van der Waals surface area contributed by atoms with E-state index in [0.29, 0.717) is 38.3 Å². The van der Waals surface area contributed by atoms with E-state index in [-0.39, 0.29) is 11.6 Å². The van der Waals surface area contributed by atoms with E-state index in [9.17, 15) is 19.3 Å². The van der Waals surface area contributed by atoms with Crippen molar-refractivity contribution in [2.75, 3.05) is 26.2 Å². The first kappa shape index (κ1) is 23.4. The van der Waals surface area contributed by atoms with Crippen LogP contribution in [0.15, 0.2) is 48.5 Å². The van der Waals surface area contributed by atoms with Crippen molar-refractivity contribution < 1.29 is 33.9 Å². The number of carbonyl (C=O) groups excluding carboxylic acids is 1. The van der Waals surface area contributed by atoms with E-state index in [1.165, 1.54) is 30.3 Å². The van der Waals surface area contributed by atoms with E-state index in [1.807, 2.05) is 0 Å². The van der Waals surface area contributed by atoms with Gasteiger partial charge in [-0.25, -0.2) is 14.0 Å². The number of carbonyl (C=O) groups is 3. The average Bonchev–Trinajstić information content (AvgIpc) is 2.74. The molecule has 2 aromatic carbocycles. The second kappa shape index (κ2) is 10.8. The molecule has 1 aliphatic heterocycles. The molecular weight excluding hydrogens is 413 g/mol.